The molecule has 12 heteroatoms. The van der Waals surface area contributed by atoms with Gasteiger partial charge in [0.1, 0.15) is 0 Å². The molecule has 2 aliphatic heterocycles. The van der Waals surface area contributed by atoms with Crippen molar-refractivity contribution in [1.29, 1.82) is 0 Å². The summed E-state index contributed by atoms with van der Waals surface area (Å²) in [6.45, 7) is 5.14. The Bertz CT molecular complexity index is 913. The highest BCUT2D eigenvalue weighted by molar-refractivity contribution is 7.89. The number of rotatable bonds is 4. The molecule has 1 amide bonds. The number of halogens is 3. The fourth-order valence-corrected chi connectivity index (χ4v) is 4.97. The molecular formula is C19H26F3N3O5S. The quantitative estimate of drug-likeness (QED) is 0.731. The Hall–Kier alpha value is -2.21. The number of aryl methyl sites for hydroxylation is 1. The van der Waals surface area contributed by atoms with Crippen molar-refractivity contribution >= 4 is 21.9 Å². The van der Waals surface area contributed by atoms with Crippen molar-refractivity contribution in [3.63, 3.8) is 0 Å². The number of carbonyl (C=O) groups excluding carboxylic acids is 1. The van der Waals surface area contributed by atoms with Crippen LogP contribution in [0.4, 0.5) is 13.2 Å². The zero-order chi connectivity index (χ0) is 23.4. The van der Waals surface area contributed by atoms with Crippen LogP contribution < -0.4 is 0 Å². The molecule has 2 aliphatic rings. The first-order chi connectivity index (χ1) is 14.3. The standard InChI is InChI=1S/C17H25N3O3S.C2HF3O2/c1-3-24(22,23)19-11-9-17(10-12-19)8-7-16(21)20(17)13-15-6-4-5-14(2)18-15;3-2(4,5)1(6)7/h4-6H,3,7-13H2,1-2H3;(H,6,7). The van der Waals surface area contributed by atoms with Gasteiger partial charge in [0.25, 0.3) is 0 Å². The summed E-state index contributed by atoms with van der Waals surface area (Å²) in [5, 5.41) is 7.12. The van der Waals surface area contributed by atoms with E-state index in [1.54, 1.807) is 11.2 Å². The number of pyridine rings is 1. The number of aliphatic carboxylic acids is 1. The van der Waals surface area contributed by atoms with Gasteiger partial charge in [-0.25, -0.2) is 17.5 Å². The third-order valence-corrected chi connectivity index (χ3v) is 7.48. The lowest BCUT2D eigenvalue weighted by atomic mass is 9.85. The first kappa shape index (κ1) is 25.1. The van der Waals surface area contributed by atoms with E-state index in [1.807, 2.05) is 30.0 Å². The van der Waals surface area contributed by atoms with Gasteiger partial charge < -0.3 is 10.0 Å². The molecule has 8 nitrogen and oxygen atoms in total. The average Bonchev–Trinajstić information content (AvgIpc) is 2.98. The van der Waals surface area contributed by atoms with Gasteiger partial charge in [0.15, 0.2) is 0 Å². The number of nitrogens with zero attached hydrogens (tertiary/aromatic N) is 3. The fraction of sp³-hybridized carbons (Fsp3) is 0.632. The van der Waals surface area contributed by atoms with E-state index in [0.717, 1.165) is 17.8 Å². The summed E-state index contributed by atoms with van der Waals surface area (Å²) in [5.41, 5.74) is 1.63. The maximum absolute atomic E-state index is 12.4. The smallest absolute Gasteiger partial charge is 0.475 e. The molecule has 0 atom stereocenters. The van der Waals surface area contributed by atoms with Gasteiger partial charge >= 0.3 is 12.1 Å². The highest BCUT2D eigenvalue weighted by Gasteiger charge is 2.48. The fourth-order valence-electron chi connectivity index (χ4n) is 3.86. The van der Waals surface area contributed by atoms with Crippen LogP contribution in [-0.4, -0.2) is 70.1 Å². The van der Waals surface area contributed by atoms with Gasteiger partial charge in [-0.3, -0.25) is 9.78 Å². The predicted molar refractivity (Wildman–Crippen MR) is 105 cm³/mol. The molecular weight excluding hydrogens is 439 g/mol. The van der Waals surface area contributed by atoms with Crippen molar-refractivity contribution in [2.75, 3.05) is 18.8 Å². The molecule has 2 fully saturated rings. The molecule has 0 bridgehead atoms. The van der Waals surface area contributed by atoms with Gasteiger partial charge in [-0.2, -0.15) is 13.2 Å². The van der Waals surface area contributed by atoms with Gasteiger partial charge in [0.2, 0.25) is 15.9 Å². The van der Waals surface area contributed by atoms with Crippen molar-refractivity contribution in [3.05, 3.63) is 29.6 Å². The van der Waals surface area contributed by atoms with Gasteiger partial charge in [-0.05, 0) is 45.2 Å². The summed E-state index contributed by atoms with van der Waals surface area (Å²) in [6.07, 6.45) is -2.29. The Morgan fingerprint density at radius 1 is 1.23 bits per heavy atom. The number of amides is 1. The van der Waals surface area contributed by atoms with Crippen LogP contribution in [0.25, 0.3) is 0 Å². The Labute approximate surface area is 179 Å². The minimum Gasteiger partial charge on any atom is -0.475 e. The van der Waals surface area contributed by atoms with Gasteiger partial charge in [-0.15, -0.1) is 0 Å². The first-order valence-electron chi connectivity index (χ1n) is 9.82. The van der Waals surface area contributed by atoms with E-state index >= 15 is 0 Å². The molecule has 1 spiro atoms. The SMILES string of the molecule is CCS(=O)(=O)N1CCC2(CCC(=O)N2Cc2cccc(C)n2)CC1.O=C(O)C(F)(F)F. The summed E-state index contributed by atoms with van der Waals surface area (Å²) in [6, 6.07) is 5.85. The number of aromatic nitrogens is 1. The minimum atomic E-state index is -5.08. The monoisotopic (exact) mass is 465 g/mol. The highest BCUT2D eigenvalue weighted by Crippen LogP contribution is 2.40. The van der Waals surface area contributed by atoms with E-state index in [4.69, 9.17) is 9.90 Å². The number of carbonyl (C=O) groups is 2. The summed E-state index contributed by atoms with van der Waals surface area (Å²) in [4.78, 5) is 27.8. The number of sulfonamides is 1. The van der Waals surface area contributed by atoms with Crippen molar-refractivity contribution in [1.82, 2.24) is 14.2 Å². The number of hydrogen-bond acceptors (Lipinski definition) is 5. The molecule has 174 valence electrons. The maximum Gasteiger partial charge on any atom is 0.490 e. The Kier molecular flexibility index (Phi) is 7.69. The molecule has 1 aromatic heterocycles. The average molecular weight is 465 g/mol. The van der Waals surface area contributed by atoms with Crippen LogP contribution in [0, 0.1) is 6.92 Å². The van der Waals surface area contributed by atoms with Crippen LogP contribution in [0.1, 0.15) is 44.0 Å². The van der Waals surface area contributed by atoms with E-state index in [-0.39, 0.29) is 17.2 Å². The lowest BCUT2D eigenvalue weighted by Crippen LogP contribution is -2.54. The Balaban J connectivity index is 0.000000423. The largest absolute Gasteiger partial charge is 0.490 e. The third-order valence-electron chi connectivity index (χ3n) is 5.60. The maximum atomic E-state index is 12.4. The molecule has 0 saturated carbocycles. The second-order valence-corrected chi connectivity index (χ2v) is 9.83. The van der Waals surface area contributed by atoms with Gasteiger partial charge in [-0.1, -0.05) is 6.07 Å². The van der Waals surface area contributed by atoms with Crippen molar-refractivity contribution in [2.45, 2.75) is 57.8 Å². The Morgan fingerprint density at radius 3 is 2.29 bits per heavy atom. The van der Waals surface area contributed by atoms with Crippen molar-refractivity contribution in [2.24, 2.45) is 0 Å². The lowest BCUT2D eigenvalue weighted by molar-refractivity contribution is -0.192. The summed E-state index contributed by atoms with van der Waals surface area (Å²) >= 11 is 0. The Morgan fingerprint density at radius 2 is 1.81 bits per heavy atom. The third kappa shape index (κ3) is 6.16. The second kappa shape index (κ2) is 9.51. The van der Waals surface area contributed by atoms with E-state index in [1.165, 1.54) is 0 Å². The number of hydrogen-bond donors (Lipinski definition) is 1. The molecule has 3 rings (SSSR count). The van der Waals surface area contributed by atoms with Gasteiger partial charge in [0, 0.05) is 30.7 Å². The van der Waals surface area contributed by atoms with Crippen LogP contribution in [0.5, 0.6) is 0 Å². The van der Waals surface area contributed by atoms with Crippen molar-refractivity contribution in [3.8, 4) is 0 Å². The van der Waals surface area contributed by atoms with E-state index in [0.29, 0.717) is 38.9 Å². The lowest BCUT2D eigenvalue weighted by Gasteiger charge is -2.44. The number of carboxylic acid groups (broad SMARTS) is 1. The van der Waals surface area contributed by atoms with Crippen LogP contribution in [0.2, 0.25) is 0 Å². The van der Waals surface area contributed by atoms with Crippen LogP contribution in [0.3, 0.4) is 0 Å². The zero-order valence-electron chi connectivity index (χ0n) is 17.4. The topological polar surface area (TPSA) is 108 Å². The number of likely N-dealkylation sites (tertiary alicyclic amines) is 1. The molecule has 1 N–H and O–H groups in total. The number of piperidine rings is 1. The molecule has 0 aromatic carbocycles. The van der Waals surface area contributed by atoms with Crippen molar-refractivity contribution < 1.29 is 36.3 Å². The normalized spacial score (nSPS) is 19.3. The molecule has 3 heterocycles. The van der Waals surface area contributed by atoms with E-state index in [2.05, 4.69) is 4.98 Å². The highest BCUT2D eigenvalue weighted by atomic mass is 32.2. The molecule has 0 aliphatic carbocycles. The number of alkyl halides is 3. The van der Waals surface area contributed by atoms with Crippen LogP contribution >= 0.6 is 0 Å². The minimum absolute atomic E-state index is 0.135. The first-order valence-corrected chi connectivity index (χ1v) is 11.4. The zero-order valence-corrected chi connectivity index (χ0v) is 18.2. The van der Waals surface area contributed by atoms with E-state index < -0.39 is 22.2 Å². The van der Waals surface area contributed by atoms with Crippen LogP contribution in [-0.2, 0) is 26.2 Å². The molecule has 0 unspecified atom stereocenters. The molecule has 2 saturated heterocycles. The molecule has 31 heavy (non-hydrogen) atoms. The van der Waals surface area contributed by atoms with Crippen LogP contribution in [0.15, 0.2) is 18.2 Å². The molecule has 1 aromatic rings. The summed E-state index contributed by atoms with van der Waals surface area (Å²) in [5.74, 6) is -2.46. The van der Waals surface area contributed by atoms with E-state index in [9.17, 15) is 26.4 Å². The second-order valence-electron chi connectivity index (χ2n) is 7.58. The summed E-state index contributed by atoms with van der Waals surface area (Å²) < 4.78 is 57.4. The predicted octanol–water partition coefficient (Wildman–Crippen LogP) is 2.33. The molecule has 0 radical (unpaired) electrons. The summed E-state index contributed by atoms with van der Waals surface area (Å²) in [7, 11) is -3.15. The number of carboxylic acids is 1. The van der Waals surface area contributed by atoms with Gasteiger partial charge in [0.05, 0.1) is 18.0 Å².